The van der Waals surface area contributed by atoms with E-state index in [2.05, 4.69) is 4.52 Å². The maximum absolute atomic E-state index is 12.3. The predicted octanol–water partition coefficient (Wildman–Crippen LogP) is 3.92. The zero-order chi connectivity index (χ0) is 20.8. The van der Waals surface area contributed by atoms with Crippen molar-refractivity contribution in [3.05, 3.63) is 38.9 Å². The van der Waals surface area contributed by atoms with E-state index >= 15 is 0 Å². The summed E-state index contributed by atoms with van der Waals surface area (Å²) in [6.07, 6.45) is 2.17. The Balaban J connectivity index is 1.73. The van der Waals surface area contributed by atoms with E-state index in [1.807, 2.05) is 30.5 Å². The molecule has 0 aromatic carbocycles. The molecule has 0 amide bonds. The molecule has 28 heavy (non-hydrogen) atoms. The van der Waals surface area contributed by atoms with Crippen LogP contribution in [-0.4, -0.2) is 34.3 Å². The highest BCUT2D eigenvalue weighted by atomic mass is 32.1. The molecule has 4 N–H and O–H groups in total. The average molecular weight is 448 g/mol. The topological polar surface area (TPSA) is 119 Å². The van der Waals surface area contributed by atoms with Crippen molar-refractivity contribution in [2.75, 3.05) is 13.2 Å². The smallest absolute Gasteiger partial charge is 0.469 e. The van der Waals surface area contributed by atoms with Gasteiger partial charge in [-0.05, 0) is 62.3 Å². The lowest BCUT2D eigenvalue weighted by atomic mass is 9.98. The first-order chi connectivity index (χ1) is 13.0. The van der Waals surface area contributed by atoms with E-state index in [0.29, 0.717) is 37.2 Å². The van der Waals surface area contributed by atoms with Gasteiger partial charge in [-0.2, -0.15) is 0 Å². The number of Topliss-reactive ketones (excluding diaryl/α,β-unsaturated/α-hetero) is 1. The number of aryl methyl sites for hydroxylation is 2. The van der Waals surface area contributed by atoms with Gasteiger partial charge in [0, 0.05) is 16.8 Å². The first kappa shape index (κ1) is 23.2. The number of carbonyl (C=O) groups is 1. The summed E-state index contributed by atoms with van der Waals surface area (Å²) in [5, 5.41) is 2.90. The Morgan fingerprint density at radius 2 is 2.11 bits per heavy atom. The number of hydrogen-bond donors (Lipinski definition) is 3. The molecule has 2 aromatic rings. The number of rotatable bonds is 12. The van der Waals surface area contributed by atoms with E-state index < -0.39 is 13.4 Å². The normalized spacial score (nSPS) is 14.0. The summed E-state index contributed by atoms with van der Waals surface area (Å²) in [6.45, 7) is 3.96. The Morgan fingerprint density at radius 3 is 2.75 bits per heavy atom. The van der Waals surface area contributed by atoms with E-state index in [4.69, 9.17) is 20.3 Å². The van der Waals surface area contributed by atoms with Crippen LogP contribution in [0.3, 0.4) is 0 Å². The molecule has 0 saturated carbocycles. The van der Waals surface area contributed by atoms with Crippen molar-refractivity contribution in [2.24, 2.45) is 5.73 Å². The second-order valence-electron chi connectivity index (χ2n) is 7.00. The molecule has 1 atom stereocenters. The molecule has 0 bridgehead atoms. The quantitative estimate of drug-likeness (QED) is 0.256. The molecule has 7 nitrogen and oxygen atoms in total. The van der Waals surface area contributed by atoms with Gasteiger partial charge < -0.3 is 20.3 Å². The lowest BCUT2D eigenvalue weighted by Crippen LogP contribution is -2.41. The summed E-state index contributed by atoms with van der Waals surface area (Å²) in [5.74, 6) is 0.0857. The summed E-state index contributed by atoms with van der Waals surface area (Å²) in [6, 6.07) is 5.68. The van der Waals surface area contributed by atoms with E-state index in [-0.39, 0.29) is 12.4 Å². The maximum atomic E-state index is 12.3. The third-order valence-electron chi connectivity index (χ3n) is 3.94. The fraction of sp³-hybridized carbons (Fsp3) is 0.500. The van der Waals surface area contributed by atoms with Crippen molar-refractivity contribution in [1.29, 1.82) is 0 Å². The molecular formula is C18H26NO6PS2. The van der Waals surface area contributed by atoms with Gasteiger partial charge in [0.25, 0.3) is 0 Å². The van der Waals surface area contributed by atoms with Crippen molar-refractivity contribution >= 4 is 36.3 Å². The highest BCUT2D eigenvalue weighted by molar-refractivity contribution is 7.46. The van der Waals surface area contributed by atoms with Gasteiger partial charge in [0.15, 0.2) is 10.8 Å². The molecule has 0 saturated heterocycles. The average Bonchev–Trinajstić information content (AvgIpc) is 3.24. The summed E-state index contributed by atoms with van der Waals surface area (Å²) < 4.78 is 20.9. The lowest BCUT2D eigenvalue weighted by Gasteiger charge is -2.24. The highest BCUT2D eigenvalue weighted by Gasteiger charge is 2.24. The van der Waals surface area contributed by atoms with Crippen molar-refractivity contribution in [1.82, 2.24) is 0 Å². The van der Waals surface area contributed by atoms with Gasteiger partial charge in [-0.15, -0.1) is 22.7 Å². The lowest BCUT2D eigenvalue weighted by molar-refractivity contribution is 0.0977. The molecule has 0 aliphatic rings. The number of carbonyl (C=O) groups excluding carboxylic acids is 1. The Kier molecular flexibility index (Phi) is 8.39. The molecule has 1 unspecified atom stereocenters. The van der Waals surface area contributed by atoms with E-state index in [1.54, 1.807) is 18.3 Å². The molecule has 0 aliphatic carbocycles. The van der Waals surface area contributed by atoms with E-state index in [1.165, 1.54) is 16.9 Å². The number of phosphoric ester groups is 1. The summed E-state index contributed by atoms with van der Waals surface area (Å²) in [4.78, 5) is 31.6. The summed E-state index contributed by atoms with van der Waals surface area (Å²) >= 11 is 2.98. The van der Waals surface area contributed by atoms with Crippen LogP contribution in [0.25, 0.3) is 0 Å². The Hall–Kier alpha value is -1.06. The van der Waals surface area contributed by atoms with Crippen LogP contribution >= 0.6 is 30.5 Å². The first-order valence-electron chi connectivity index (χ1n) is 8.83. The van der Waals surface area contributed by atoms with Crippen LogP contribution in [0.15, 0.2) is 23.6 Å². The minimum absolute atomic E-state index is 0.0857. The van der Waals surface area contributed by atoms with E-state index in [0.717, 1.165) is 9.94 Å². The fourth-order valence-electron chi connectivity index (χ4n) is 2.38. The van der Waals surface area contributed by atoms with Gasteiger partial charge in [0.1, 0.15) is 0 Å². The molecular weight excluding hydrogens is 421 g/mol. The number of phosphoric acid groups is 1. The minimum atomic E-state index is -4.53. The number of thiophene rings is 2. The third kappa shape index (κ3) is 8.53. The van der Waals surface area contributed by atoms with Gasteiger partial charge in [-0.25, -0.2) is 4.57 Å². The number of ether oxygens (including phenoxy) is 1. The molecule has 0 radical (unpaired) electrons. The number of ketones is 1. The van der Waals surface area contributed by atoms with Gasteiger partial charge in [-0.3, -0.25) is 9.32 Å². The molecule has 2 aromatic heterocycles. The fourth-order valence-corrected chi connectivity index (χ4v) is 4.60. The van der Waals surface area contributed by atoms with Crippen molar-refractivity contribution < 1.29 is 28.4 Å². The second-order valence-corrected chi connectivity index (χ2v) is 10.3. The molecule has 0 spiro atoms. The monoisotopic (exact) mass is 447 g/mol. The van der Waals surface area contributed by atoms with Crippen LogP contribution < -0.4 is 10.5 Å². The SMILES string of the molecule is Cc1csc(OCCCC(=O)c2ccc(CCC(C)(N)COP(=O)(O)O)s2)c1. The molecule has 2 rings (SSSR count). The van der Waals surface area contributed by atoms with Crippen molar-refractivity contribution in [3.8, 4) is 5.06 Å². The van der Waals surface area contributed by atoms with Gasteiger partial charge in [0.05, 0.1) is 18.1 Å². The molecule has 10 heteroatoms. The van der Waals surface area contributed by atoms with Crippen LogP contribution in [0, 0.1) is 6.92 Å². The summed E-state index contributed by atoms with van der Waals surface area (Å²) in [5.41, 5.74) is 6.33. The minimum Gasteiger partial charge on any atom is -0.484 e. The van der Waals surface area contributed by atoms with Crippen LogP contribution in [-0.2, 0) is 15.5 Å². The highest BCUT2D eigenvalue weighted by Crippen LogP contribution is 2.37. The van der Waals surface area contributed by atoms with Crippen LogP contribution in [0.1, 0.15) is 46.3 Å². The van der Waals surface area contributed by atoms with E-state index in [9.17, 15) is 9.36 Å². The number of hydrogen-bond acceptors (Lipinski definition) is 7. The standard InChI is InChI=1S/C18H26NO6PS2/c1-13-10-17(27-11-13)24-9-3-4-15(20)16-6-5-14(28-16)7-8-18(2,19)12-25-26(21,22)23/h5-6,10-11H,3-4,7-9,12,19H2,1-2H3,(H2,21,22,23). The molecule has 0 fully saturated rings. The summed E-state index contributed by atoms with van der Waals surface area (Å²) in [7, 11) is -4.53. The Bertz CT molecular complexity index is 826. The van der Waals surface area contributed by atoms with Gasteiger partial charge in [0.2, 0.25) is 0 Å². The molecule has 0 aliphatic heterocycles. The van der Waals surface area contributed by atoms with Crippen molar-refractivity contribution in [2.45, 2.75) is 45.1 Å². The largest absolute Gasteiger partial charge is 0.484 e. The first-order valence-corrected chi connectivity index (χ1v) is 12.1. The van der Waals surface area contributed by atoms with Crippen LogP contribution in [0.5, 0.6) is 5.06 Å². The Morgan fingerprint density at radius 1 is 1.36 bits per heavy atom. The van der Waals surface area contributed by atoms with Crippen LogP contribution in [0.4, 0.5) is 0 Å². The van der Waals surface area contributed by atoms with Gasteiger partial charge in [-0.1, -0.05) is 0 Å². The molecule has 2 heterocycles. The second kappa shape index (κ2) is 10.1. The third-order valence-corrected chi connectivity index (χ3v) is 6.55. The zero-order valence-corrected chi connectivity index (χ0v) is 18.4. The Labute approximate surface area is 172 Å². The van der Waals surface area contributed by atoms with Crippen LogP contribution in [0.2, 0.25) is 0 Å². The van der Waals surface area contributed by atoms with Crippen molar-refractivity contribution in [3.63, 3.8) is 0 Å². The predicted molar refractivity (Wildman–Crippen MR) is 111 cm³/mol. The van der Waals surface area contributed by atoms with Gasteiger partial charge >= 0.3 is 7.82 Å². The zero-order valence-electron chi connectivity index (χ0n) is 15.9. The maximum Gasteiger partial charge on any atom is 0.469 e. The molecule has 156 valence electrons. The number of nitrogens with two attached hydrogens (primary N) is 1.